The molecule has 10 heteroatoms. The summed E-state index contributed by atoms with van der Waals surface area (Å²) in [6.07, 6.45) is 0. The van der Waals surface area contributed by atoms with Crippen molar-refractivity contribution in [2.45, 2.75) is 0 Å². The van der Waals surface area contributed by atoms with Gasteiger partial charge in [0.1, 0.15) is 0 Å². The van der Waals surface area contributed by atoms with E-state index in [-0.39, 0.29) is 59.6 Å². The van der Waals surface area contributed by atoms with Crippen molar-refractivity contribution in [3.8, 4) is 0 Å². The molecule has 0 spiro atoms. The van der Waals surface area contributed by atoms with Crippen molar-refractivity contribution in [1.29, 1.82) is 0 Å². The first kappa shape index (κ1) is 43.3. The third-order valence-electron chi connectivity index (χ3n) is 0. The van der Waals surface area contributed by atoms with Gasteiger partial charge in [-0.05, 0) is 0 Å². The van der Waals surface area contributed by atoms with E-state index in [2.05, 4.69) is 0 Å². The summed E-state index contributed by atoms with van der Waals surface area (Å²) in [5.74, 6) is 0. The number of hydrogen-bond donors (Lipinski definition) is 0. The molecule has 0 aromatic carbocycles. The maximum atomic E-state index is 8.59. The van der Waals surface area contributed by atoms with Gasteiger partial charge < -0.3 is 21.9 Å². The van der Waals surface area contributed by atoms with Gasteiger partial charge in [0.25, 0.3) is 0 Å². The van der Waals surface area contributed by atoms with Gasteiger partial charge in [0.05, 0.1) is 0 Å². The zero-order chi connectivity index (χ0) is 4.50. The first-order valence-corrected chi connectivity index (χ1v) is 2.75. The quantitative estimate of drug-likeness (QED) is 0.370. The predicted molar refractivity (Wildman–Crippen MR) is 21.6 cm³/mol. The molecule has 0 unspecified atom stereocenters. The molecular formula is H8CaCrO8. The molecule has 0 saturated carbocycles. The van der Waals surface area contributed by atoms with Crippen LogP contribution >= 0.6 is 0 Å². The van der Waals surface area contributed by atoms with Crippen LogP contribution in [-0.2, 0) is 21.2 Å². The molecule has 8 N–H and O–H groups in total. The zero-order valence-corrected chi connectivity index (χ0v) is 8.23. The number of hydrogen-bond acceptors (Lipinski definition) is 4. The predicted octanol–water partition coefficient (Wildman–Crippen LogP) is -6.30. The molecule has 0 saturated heterocycles. The summed E-state index contributed by atoms with van der Waals surface area (Å²) >= 11 is -5.75. The van der Waals surface area contributed by atoms with Crippen LogP contribution in [0.4, 0.5) is 0 Å². The Morgan fingerprint density at radius 1 is 0.800 bits per heavy atom. The third kappa shape index (κ3) is 458. The minimum atomic E-state index is -5.75. The molecule has 0 atom stereocenters. The second-order valence-electron chi connectivity index (χ2n) is 0.408. The molecule has 8 nitrogen and oxygen atoms in total. The van der Waals surface area contributed by atoms with Gasteiger partial charge in [-0.15, -0.1) is 0 Å². The Labute approximate surface area is 88.5 Å². The normalized spacial score (nSPS) is 5.80. The first-order valence-electron chi connectivity index (χ1n) is 0.667. The summed E-state index contributed by atoms with van der Waals surface area (Å²) in [5, 5.41) is 0. The van der Waals surface area contributed by atoms with Crippen LogP contribution in [-0.4, -0.2) is 59.6 Å². The van der Waals surface area contributed by atoms with Crippen LogP contribution in [0.25, 0.3) is 0 Å². The van der Waals surface area contributed by atoms with E-state index in [0.29, 0.717) is 0 Å². The van der Waals surface area contributed by atoms with Gasteiger partial charge in [0.2, 0.25) is 0 Å². The van der Waals surface area contributed by atoms with Gasteiger partial charge in [-0.3, -0.25) is 0 Å². The van der Waals surface area contributed by atoms with Gasteiger partial charge in [-0.2, -0.15) is 0 Å². The van der Waals surface area contributed by atoms with Crippen LogP contribution in [0.3, 0.4) is 0 Å². The molecule has 0 bridgehead atoms. The summed E-state index contributed by atoms with van der Waals surface area (Å²) in [7, 11) is 0. The molecular weight excluding hydrogens is 220 g/mol. The Morgan fingerprint density at radius 3 is 0.800 bits per heavy atom. The van der Waals surface area contributed by atoms with E-state index < -0.39 is 13.6 Å². The van der Waals surface area contributed by atoms with E-state index in [1.165, 1.54) is 0 Å². The van der Waals surface area contributed by atoms with Gasteiger partial charge in [0.15, 0.2) is 0 Å². The standard InChI is InChI=1S/Ca.Cr.4H2O.4O/h;;4*1H2;;;;/q+2;;;;;;;;2*-1. The second kappa shape index (κ2) is 16.6. The van der Waals surface area contributed by atoms with E-state index >= 15 is 0 Å². The molecule has 0 radical (unpaired) electrons. The van der Waals surface area contributed by atoms with E-state index in [0.717, 1.165) is 0 Å². The van der Waals surface area contributed by atoms with Crippen molar-refractivity contribution in [3.63, 3.8) is 0 Å². The molecule has 10 heavy (non-hydrogen) atoms. The molecule has 64 valence electrons. The summed E-state index contributed by atoms with van der Waals surface area (Å²) in [5.41, 5.74) is 0. The van der Waals surface area contributed by atoms with Crippen molar-refractivity contribution in [2.75, 3.05) is 0 Å². The Kier molecular flexibility index (Phi) is 72.0. The molecule has 0 aliphatic carbocycles. The average molecular weight is 228 g/mol. The average Bonchev–Trinajstić information content (AvgIpc) is 0.722. The topological polar surface area (TPSA) is 206 Å². The van der Waals surface area contributed by atoms with E-state index in [1.54, 1.807) is 0 Å². The fraction of sp³-hybridized carbons (Fsp3) is 0. The van der Waals surface area contributed by atoms with Crippen molar-refractivity contribution in [3.05, 3.63) is 0 Å². The molecule has 0 heterocycles. The molecule has 0 aromatic heterocycles. The molecule has 0 amide bonds. The van der Waals surface area contributed by atoms with Crippen molar-refractivity contribution in [2.24, 2.45) is 0 Å². The molecule has 0 aromatic rings. The van der Waals surface area contributed by atoms with Crippen LogP contribution in [0, 0.1) is 0 Å². The molecule has 0 aliphatic heterocycles. The summed E-state index contributed by atoms with van der Waals surface area (Å²) in [4.78, 5) is 0. The van der Waals surface area contributed by atoms with Crippen LogP contribution < -0.4 is 8.32 Å². The Bertz CT molecular complexity index is 92.4. The Hall–Kier alpha value is 1.15. The van der Waals surface area contributed by atoms with E-state index in [1.807, 2.05) is 0 Å². The van der Waals surface area contributed by atoms with Crippen molar-refractivity contribution >= 4 is 37.7 Å². The van der Waals surface area contributed by atoms with Gasteiger partial charge in [-0.1, -0.05) is 0 Å². The maximum absolute atomic E-state index is 8.59. The summed E-state index contributed by atoms with van der Waals surface area (Å²) < 4.78 is 34.4. The minimum absolute atomic E-state index is 0. The van der Waals surface area contributed by atoms with E-state index in [4.69, 9.17) is 15.9 Å². The van der Waals surface area contributed by atoms with Crippen molar-refractivity contribution < 1.29 is 51.4 Å². The zero-order valence-electron chi connectivity index (χ0n) is 4.75. The van der Waals surface area contributed by atoms with Crippen LogP contribution in [0.15, 0.2) is 0 Å². The monoisotopic (exact) mass is 228 g/mol. The fourth-order valence-electron chi connectivity index (χ4n) is 0. The van der Waals surface area contributed by atoms with Crippen LogP contribution in [0.1, 0.15) is 0 Å². The van der Waals surface area contributed by atoms with Gasteiger partial charge in [-0.25, -0.2) is 0 Å². The van der Waals surface area contributed by atoms with E-state index in [9.17, 15) is 0 Å². The molecule has 0 rings (SSSR count). The van der Waals surface area contributed by atoms with Crippen LogP contribution in [0.5, 0.6) is 0 Å². The van der Waals surface area contributed by atoms with Gasteiger partial charge in [0, 0.05) is 0 Å². The summed E-state index contributed by atoms with van der Waals surface area (Å²) in [6.45, 7) is 0. The number of rotatable bonds is 0. The summed E-state index contributed by atoms with van der Waals surface area (Å²) in [6, 6.07) is 0. The van der Waals surface area contributed by atoms with Crippen molar-refractivity contribution in [1.82, 2.24) is 0 Å². The third-order valence-corrected chi connectivity index (χ3v) is 0. The first-order chi connectivity index (χ1) is 2.00. The van der Waals surface area contributed by atoms with Gasteiger partial charge >= 0.3 is 67.3 Å². The fourth-order valence-corrected chi connectivity index (χ4v) is 0. The second-order valence-corrected chi connectivity index (χ2v) is 1.68. The SMILES string of the molecule is O.O.O.O.[Ca+2].[O]=[Cr](=[O])([O-])[O-]. The molecule has 0 fully saturated rings. The van der Waals surface area contributed by atoms with Crippen LogP contribution in [0.2, 0.25) is 0 Å². The Balaban J connectivity index is -0.00000000800. The Morgan fingerprint density at radius 2 is 0.800 bits per heavy atom. The molecule has 0 aliphatic rings.